The maximum Gasteiger partial charge on any atom is 0.326 e. The van der Waals surface area contributed by atoms with Crippen molar-refractivity contribution in [2.75, 3.05) is 14.2 Å². The van der Waals surface area contributed by atoms with E-state index in [1.807, 2.05) is 6.07 Å². The lowest BCUT2D eigenvalue weighted by atomic mass is 9.96. The van der Waals surface area contributed by atoms with Crippen LogP contribution in [0.25, 0.3) is 11.0 Å². The van der Waals surface area contributed by atoms with E-state index in [0.717, 1.165) is 23.9 Å². The van der Waals surface area contributed by atoms with Gasteiger partial charge in [0, 0.05) is 14.2 Å². The molecule has 0 spiro atoms. The number of nitrogens with zero attached hydrogens (tertiary/aromatic N) is 1. The molecule has 0 saturated carbocycles. The van der Waals surface area contributed by atoms with E-state index in [-0.39, 0.29) is 5.69 Å². The summed E-state index contributed by atoms with van der Waals surface area (Å²) in [5.74, 6) is 0.485. The zero-order valence-corrected chi connectivity index (χ0v) is 13.2. The maximum atomic E-state index is 12.1. The molecule has 1 aromatic heterocycles. The van der Waals surface area contributed by atoms with Gasteiger partial charge in [-0.25, -0.2) is 4.79 Å². The minimum absolute atomic E-state index is 0.135. The number of nitrogens with one attached hydrogen (secondary N) is 1. The Bertz CT molecular complexity index is 640. The molecule has 0 bridgehead atoms. The second-order valence-electron chi connectivity index (χ2n) is 5.41. The van der Waals surface area contributed by atoms with Crippen LogP contribution in [0, 0.1) is 0 Å². The van der Waals surface area contributed by atoms with Crippen LogP contribution in [-0.4, -0.2) is 30.1 Å². The number of H-pyrrole nitrogens is 1. The third kappa shape index (κ3) is 3.36. The Morgan fingerprint density at radius 2 is 2.00 bits per heavy atom. The van der Waals surface area contributed by atoms with Crippen molar-refractivity contribution >= 4 is 11.0 Å². The van der Waals surface area contributed by atoms with Crippen molar-refractivity contribution in [3.63, 3.8) is 0 Å². The summed E-state index contributed by atoms with van der Waals surface area (Å²) in [6, 6.07) is 6.16. The van der Waals surface area contributed by atoms with Gasteiger partial charge in [-0.05, 0) is 30.0 Å². The van der Waals surface area contributed by atoms with Crippen LogP contribution >= 0.6 is 0 Å². The molecule has 0 aliphatic rings. The third-order valence-electron chi connectivity index (χ3n) is 3.95. The van der Waals surface area contributed by atoms with Crippen molar-refractivity contribution in [3.05, 3.63) is 34.2 Å². The Labute approximate surface area is 124 Å². The number of aromatic nitrogens is 2. The lowest BCUT2D eigenvalue weighted by Gasteiger charge is -2.15. The van der Waals surface area contributed by atoms with Crippen molar-refractivity contribution in [2.24, 2.45) is 0 Å². The first-order valence-electron chi connectivity index (χ1n) is 7.38. The molecule has 0 saturated heterocycles. The minimum Gasteiger partial charge on any atom is -0.354 e. The number of hydrogen-bond donors (Lipinski definition) is 1. The molecule has 116 valence electrons. The van der Waals surface area contributed by atoms with E-state index in [2.05, 4.69) is 31.0 Å². The van der Waals surface area contributed by atoms with Gasteiger partial charge in [0.15, 0.2) is 6.29 Å². The van der Waals surface area contributed by atoms with Crippen LogP contribution in [-0.2, 0) is 16.0 Å². The number of aromatic amines is 1. The molecule has 5 heteroatoms. The summed E-state index contributed by atoms with van der Waals surface area (Å²) >= 11 is 0. The highest BCUT2D eigenvalue weighted by molar-refractivity contribution is 5.76. The Morgan fingerprint density at radius 1 is 1.29 bits per heavy atom. The van der Waals surface area contributed by atoms with Gasteiger partial charge in [0.2, 0.25) is 0 Å². The van der Waals surface area contributed by atoms with Gasteiger partial charge in [0.25, 0.3) is 0 Å². The van der Waals surface area contributed by atoms with E-state index in [4.69, 9.17) is 9.47 Å². The molecular weight excluding hydrogens is 268 g/mol. The predicted octanol–water partition coefficient (Wildman–Crippen LogP) is 2.85. The van der Waals surface area contributed by atoms with Gasteiger partial charge < -0.3 is 14.5 Å². The van der Waals surface area contributed by atoms with Crippen molar-refractivity contribution in [2.45, 2.75) is 45.4 Å². The van der Waals surface area contributed by atoms with Crippen molar-refractivity contribution in [1.82, 2.24) is 9.55 Å². The van der Waals surface area contributed by atoms with Crippen LogP contribution in [0.4, 0.5) is 0 Å². The highest BCUT2D eigenvalue weighted by Gasteiger charge is 2.14. The van der Waals surface area contributed by atoms with E-state index in [1.165, 1.54) is 5.56 Å². The maximum absolute atomic E-state index is 12.1. The van der Waals surface area contributed by atoms with Gasteiger partial charge in [-0.3, -0.25) is 4.57 Å². The number of benzene rings is 1. The van der Waals surface area contributed by atoms with Crippen molar-refractivity contribution in [1.29, 1.82) is 0 Å². The summed E-state index contributed by atoms with van der Waals surface area (Å²) in [6.45, 7) is 4.77. The molecule has 1 aromatic carbocycles. The molecule has 0 aliphatic carbocycles. The normalized spacial score (nSPS) is 13.2. The summed E-state index contributed by atoms with van der Waals surface area (Å²) in [5, 5.41) is 0. The Balaban J connectivity index is 2.42. The summed E-state index contributed by atoms with van der Waals surface area (Å²) < 4.78 is 12.1. The fourth-order valence-electron chi connectivity index (χ4n) is 2.65. The van der Waals surface area contributed by atoms with Crippen molar-refractivity contribution in [3.8, 4) is 0 Å². The number of rotatable bonds is 7. The molecule has 0 amide bonds. The number of ether oxygens (including phenoxy) is 2. The first-order valence-corrected chi connectivity index (χ1v) is 7.38. The molecule has 1 N–H and O–H groups in total. The molecule has 1 unspecified atom stereocenters. The topological polar surface area (TPSA) is 56.2 Å². The first kappa shape index (κ1) is 15.8. The second kappa shape index (κ2) is 6.91. The van der Waals surface area contributed by atoms with Crippen LogP contribution in [0.3, 0.4) is 0 Å². The Kier molecular flexibility index (Phi) is 5.20. The van der Waals surface area contributed by atoms with Crippen LogP contribution in [0.2, 0.25) is 0 Å². The highest BCUT2D eigenvalue weighted by atomic mass is 16.7. The Morgan fingerprint density at radius 3 is 2.62 bits per heavy atom. The zero-order chi connectivity index (χ0) is 15.4. The zero-order valence-electron chi connectivity index (χ0n) is 13.2. The first-order chi connectivity index (χ1) is 10.1. The summed E-state index contributed by atoms with van der Waals surface area (Å²) in [5.41, 5.74) is 2.87. The number of methoxy groups -OCH3 is 2. The Hall–Kier alpha value is -1.59. The average molecular weight is 292 g/mol. The molecule has 1 heterocycles. The van der Waals surface area contributed by atoms with E-state index < -0.39 is 6.29 Å². The molecule has 0 fully saturated rings. The van der Waals surface area contributed by atoms with Crippen LogP contribution in [0.15, 0.2) is 23.0 Å². The summed E-state index contributed by atoms with van der Waals surface area (Å²) in [6.07, 6.45) is 1.85. The second-order valence-corrected chi connectivity index (χ2v) is 5.41. The fraction of sp³-hybridized carbons (Fsp3) is 0.562. The predicted molar refractivity (Wildman–Crippen MR) is 83.7 cm³/mol. The van der Waals surface area contributed by atoms with E-state index in [0.29, 0.717) is 12.5 Å². The fourth-order valence-corrected chi connectivity index (χ4v) is 2.65. The van der Waals surface area contributed by atoms with Crippen LogP contribution in [0.5, 0.6) is 0 Å². The lowest BCUT2D eigenvalue weighted by molar-refractivity contribution is -0.110. The standard InChI is InChI=1S/C16H24N2O3/c1-5-6-11(2)12-7-8-13-14(9-12)18(16(19)17-13)10-15(20-3)21-4/h7-9,11,15H,5-6,10H2,1-4H3,(H,17,19). The summed E-state index contributed by atoms with van der Waals surface area (Å²) in [4.78, 5) is 15.0. The number of hydrogen-bond acceptors (Lipinski definition) is 3. The monoisotopic (exact) mass is 292 g/mol. The smallest absolute Gasteiger partial charge is 0.326 e. The van der Waals surface area contributed by atoms with Gasteiger partial charge in [-0.2, -0.15) is 0 Å². The average Bonchev–Trinajstić information content (AvgIpc) is 2.79. The summed E-state index contributed by atoms with van der Waals surface area (Å²) in [7, 11) is 3.14. The van der Waals surface area contributed by atoms with E-state index in [1.54, 1.807) is 18.8 Å². The molecule has 2 aromatic rings. The largest absolute Gasteiger partial charge is 0.354 e. The molecule has 2 rings (SSSR count). The SMILES string of the molecule is CCCC(C)c1ccc2[nH]c(=O)n(CC(OC)OC)c2c1. The molecule has 5 nitrogen and oxygen atoms in total. The minimum atomic E-state index is -0.432. The van der Waals surface area contributed by atoms with Gasteiger partial charge in [0.05, 0.1) is 17.6 Å². The van der Waals surface area contributed by atoms with E-state index >= 15 is 0 Å². The van der Waals surface area contributed by atoms with E-state index in [9.17, 15) is 4.79 Å². The quantitative estimate of drug-likeness (QED) is 0.798. The molecule has 1 atom stereocenters. The molecule has 0 aliphatic heterocycles. The molecule has 0 radical (unpaired) electrons. The lowest BCUT2D eigenvalue weighted by Crippen LogP contribution is -2.27. The third-order valence-corrected chi connectivity index (χ3v) is 3.95. The molecule has 21 heavy (non-hydrogen) atoms. The van der Waals surface area contributed by atoms with Crippen LogP contribution < -0.4 is 5.69 Å². The van der Waals surface area contributed by atoms with Crippen molar-refractivity contribution < 1.29 is 9.47 Å². The van der Waals surface area contributed by atoms with Gasteiger partial charge in [-0.1, -0.05) is 26.3 Å². The highest BCUT2D eigenvalue weighted by Crippen LogP contribution is 2.23. The van der Waals surface area contributed by atoms with Crippen LogP contribution in [0.1, 0.15) is 38.2 Å². The number of imidazole rings is 1. The number of fused-ring (bicyclic) bond motifs is 1. The van der Waals surface area contributed by atoms with Gasteiger partial charge in [-0.15, -0.1) is 0 Å². The van der Waals surface area contributed by atoms with Gasteiger partial charge in [0.1, 0.15) is 0 Å². The van der Waals surface area contributed by atoms with Gasteiger partial charge >= 0.3 is 5.69 Å². The molecular formula is C16H24N2O3.